The normalized spacial score (nSPS) is 13.1. The van der Waals surface area contributed by atoms with Gasteiger partial charge in [-0.15, -0.1) is 0 Å². The van der Waals surface area contributed by atoms with Crippen LogP contribution in [-0.2, 0) is 12.8 Å². The van der Waals surface area contributed by atoms with E-state index >= 15 is 0 Å². The summed E-state index contributed by atoms with van der Waals surface area (Å²) in [6.45, 7) is 0. The molecular weight excluding hydrogens is 484 g/mol. The Bertz CT molecular complexity index is 1210. The molecule has 158 valence electrons. The fourth-order valence-electron chi connectivity index (χ4n) is 3.45. The maximum absolute atomic E-state index is 13.0. The van der Waals surface area contributed by atoms with Crippen LogP contribution in [0.5, 0.6) is 11.5 Å². The summed E-state index contributed by atoms with van der Waals surface area (Å²) in [5.41, 5.74) is 1.89. The molecule has 0 saturated heterocycles. The average molecular weight is 497 g/mol. The van der Waals surface area contributed by atoms with Gasteiger partial charge in [-0.3, -0.25) is 9.59 Å². The van der Waals surface area contributed by atoms with E-state index in [2.05, 4.69) is 0 Å². The number of hydrogen-bond acceptors (Lipinski definition) is 4. The molecule has 2 amide bonds. The van der Waals surface area contributed by atoms with E-state index in [1.165, 1.54) is 12.1 Å². The summed E-state index contributed by atoms with van der Waals surface area (Å²) in [6.07, 6.45) is 1.14. The molecule has 1 heterocycles. The van der Waals surface area contributed by atoms with Gasteiger partial charge in [0.25, 0.3) is 11.8 Å². The van der Waals surface area contributed by atoms with Crippen LogP contribution in [0.2, 0.25) is 20.1 Å². The average Bonchev–Trinajstić information content (AvgIpc) is 3.02. The number of anilines is 1. The van der Waals surface area contributed by atoms with Crippen molar-refractivity contribution in [2.24, 2.45) is 0 Å². The number of aromatic hydroxyl groups is 2. The van der Waals surface area contributed by atoms with Gasteiger partial charge in [-0.25, -0.2) is 4.90 Å². The van der Waals surface area contributed by atoms with E-state index in [1.807, 2.05) is 6.07 Å². The number of carbonyl (C=O) groups excluding carboxylic acids is 2. The van der Waals surface area contributed by atoms with E-state index < -0.39 is 11.8 Å². The molecule has 0 atom stereocenters. The predicted octanol–water partition coefficient (Wildman–Crippen LogP) is 6.30. The van der Waals surface area contributed by atoms with Gasteiger partial charge in [0.2, 0.25) is 0 Å². The van der Waals surface area contributed by atoms with Gasteiger partial charge in [-0.05, 0) is 48.2 Å². The van der Waals surface area contributed by atoms with Crippen LogP contribution < -0.4 is 4.90 Å². The molecule has 0 fully saturated rings. The topological polar surface area (TPSA) is 77.8 Å². The molecule has 0 spiro atoms. The minimum absolute atomic E-state index is 0.0731. The number of halogens is 4. The van der Waals surface area contributed by atoms with Gasteiger partial charge in [0.15, 0.2) is 11.5 Å². The van der Waals surface area contributed by atoms with Crippen LogP contribution in [0.25, 0.3) is 0 Å². The van der Waals surface area contributed by atoms with Crippen molar-refractivity contribution >= 4 is 63.9 Å². The molecular formula is C22H13Cl4NO4. The summed E-state index contributed by atoms with van der Waals surface area (Å²) in [7, 11) is 0. The molecule has 9 heteroatoms. The molecule has 0 aliphatic carbocycles. The van der Waals surface area contributed by atoms with E-state index in [9.17, 15) is 19.8 Å². The molecule has 31 heavy (non-hydrogen) atoms. The van der Waals surface area contributed by atoms with E-state index in [1.54, 1.807) is 24.3 Å². The monoisotopic (exact) mass is 495 g/mol. The Balaban J connectivity index is 1.64. The summed E-state index contributed by atoms with van der Waals surface area (Å²) < 4.78 is 0. The first kappa shape index (κ1) is 21.8. The predicted molar refractivity (Wildman–Crippen MR) is 121 cm³/mol. The summed E-state index contributed by atoms with van der Waals surface area (Å²) in [4.78, 5) is 27.0. The highest BCUT2D eigenvalue weighted by Gasteiger charge is 2.42. The maximum atomic E-state index is 13.0. The van der Waals surface area contributed by atoms with Crippen molar-refractivity contribution < 1.29 is 19.8 Å². The molecule has 0 saturated carbocycles. The molecule has 0 radical (unpaired) electrons. The highest BCUT2D eigenvalue weighted by Crippen LogP contribution is 2.45. The first-order valence-electron chi connectivity index (χ1n) is 9.05. The molecule has 1 aliphatic rings. The van der Waals surface area contributed by atoms with Crippen LogP contribution in [0.4, 0.5) is 5.69 Å². The van der Waals surface area contributed by atoms with Crippen molar-refractivity contribution in [1.82, 2.24) is 0 Å². The minimum Gasteiger partial charge on any atom is -0.504 e. The van der Waals surface area contributed by atoms with E-state index in [0.717, 1.165) is 16.0 Å². The maximum Gasteiger partial charge on any atom is 0.267 e. The van der Waals surface area contributed by atoms with Crippen LogP contribution in [-0.4, -0.2) is 22.0 Å². The number of aryl methyl sites for hydroxylation is 2. The summed E-state index contributed by atoms with van der Waals surface area (Å²) in [5.74, 6) is -1.64. The van der Waals surface area contributed by atoms with Gasteiger partial charge >= 0.3 is 0 Å². The lowest BCUT2D eigenvalue weighted by Gasteiger charge is -2.15. The van der Waals surface area contributed by atoms with Crippen LogP contribution in [0.15, 0.2) is 42.5 Å². The van der Waals surface area contributed by atoms with Crippen molar-refractivity contribution in [3.05, 3.63) is 84.8 Å². The zero-order chi connectivity index (χ0) is 22.4. The number of phenols is 2. The Morgan fingerprint density at radius 1 is 0.677 bits per heavy atom. The largest absolute Gasteiger partial charge is 0.504 e. The van der Waals surface area contributed by atoms with E-state index in [0.29, 0.717) is 18.5 Å². The molecule has 5 nitrogen and oxygen atoms in total. The molecule has 0 unspecified atom stereocenters. The molecule has 3 aromatic carbocycles. The molecule has 0 aromatic heterocycles. The first-order chi connectivity index (χ1) is 14.7. The molecule has 2 N–H and O–H groups in total. The minimum atomic E-state index is -0.633. The van der Waals surface area contributed by atoms with Gasteiger partial charge in [-0.1, -0.05) is 64.6 Å². The Morgan fingerprint density at radius 2 is 1.23 bits per heavy atom. The van der Waals surface area contributed by atoms with Gasteiger partial charge in [-0.2, -0.15) is 0 Å². The third-order valence-electron chi connectivity index (χ3n) is 5.01. The zero-order valence-electron chi connectivity index (χ0n) is 15.6. The standard InChI is InChI=1S/C22H13Cl4NO4/c23-17-15-16(18(24)20(26)19(17)25)22(31)27(21(15)30)12-3-1-2-10(8-12)4-5-11-6-7-13(28)14(29)9-11/h1-3,6-9,28-29H,4-5H2. The number of nitrogens with zero attached hydrogens (tertiary/aromatic N) is 1. The van der Waals surface area contributed by atoms with E-state index in [4.69, 9.17) is 46.4 Å². The Morgan fingerprint density at radius 3 is 1.77 bits per heavy atom. The lowest BCUT2D eigenvalue weighted by atomic mass is 10.0. The highest BCUT2D eigenvalue weighted by molar-refractivity contribution is 6.56. The molecule has 4 rings (SSSR count). The molecule has 1 aliphatic heterocycles. The smallest absolute Gasteiger partial charge is 0.267 e. The van der Waals surface area contributed by atoms with Crippen LogP contribution in [0, 0.1) is 0 Å². The number of rotatable bonds is 4. The second kappa shape index (κ2) is 8.24. The van der Waals surface area contributed by atoms with Crippen molar-refractivity contribution in [3.8, 4) is 11.5 Å². The Labute approximate surface area is 197 Å². The number of phenolic OH excluding ortho intramolecular Hbond substituents is 2. The SMILES string of the molecule is O=C1c2c(Cl)c(Cl)c(Cl)c(Cl)c2C(=O)N1c1cccc(CCc2ccc(O)c(O)c2)c1. The van der Waals surface area contributed by atoms with Crippen molar-refractivity contribution in [1.29, 1.82) is 0 Å². The number of amides is 2. The van der Waals surface area contributed by atoms with Crippen LogP contribution in [0.1, 0.15) is 31.8 Å². The van der Waals surface area contributed by atoms with Crippen molar-refractivity contribution in [2.45, 2.75) is 12.8 Å². The fraction of sp³-hybridized carbons (Fsp3) is 0.0909. The highest BCUT2D eigenvalue weighted by atomic mass is 35.5. The second-order valence-corrected chi connectivity index (χ2v) is 8.46. The quantitative estimate of drug-likeness (QED) is 0.192. The Hall–Kier alpha value is -2.44. The van der Waals surface area contributed by atoms with Gasteiger partial charge in [0.05, 0.1) is 36.9 Å². The number of hydrogen-bond donors (Lipinski definition) is 2. The number of imide groups is 1. The summed E-state index contributed by atoms with van der Waals surface area (Å²) >= 11 is 24.5. The van der Waals surface area contributed by atoms with Gasteiger partial charge < -0.3 is 10.2 Å². The number of fused-ring (bicyclic) bond motifs is 1. The van der Waals surface area contributed by atoms with Gasteiger partial charge in [0, 0.05) is 0 Å². The number of benzene rings is 3. The summed E-state index contributed by atoms with van der Waals surface area (Å²) in [5, 5.41) is 18.7. The number of carbonyl (C=O) groups is 2. The van der Waals surface area contributed by atoms with Crippen molar-refractivity contribution in [2.75, 3.05) is 4.90 Å². The zero-order valence-corrected chi connectivity index (χ0v) is 18.6. The van der Waals surface area contributed by atoms with Gasteiger partial charge in [0.1, 0.15) is 0 Å². The molecule has 0 bridgehead atoms. The first-order valence-corrected chi connectivity index (χ1v) is 10.6. The van der Waals surface area contributed by atoms with Crippen LogP contribution >= 0.6 is 46.4 Å². The Kier molecular flexibility index (Phi) is 5.79. The second-order valence-electron chi connectivity index (χ2n) is 6.94. The lowest BCUT2D eigenvalue weighted by Crippen LogP contribution is -2.29. The van der Waals surface area contributed by atoms with Crippen LogP contribution in [0.3, 0.4) is 0 Å². The third kappa shape index (κ3) is 3.72. The van der Waals surface area contributed by atoms with Crippen molar-refractivity contribution in [3.63, 3.8) is 0 Å². The molecule has 3 aromatic rings. The van der Waals surface area contributed by atoms with E-state index in [-0.39, 0.29) is 42.7 Å². The third-order valence-corrected chi connectivity index (χ3v) is 6.81. The summed E-state index contributed by atoms with van der Waals surface area (Å²) in [6, 6.07) is 11.5. The fourth-order valence-corrected chi connectivity index (χ4v) is 4.46. The lowest BCUT2D eigenvalue weighted by molar-refractivity contribution is 0.0926.